The molecule has 23 heavy (non-hydrogen) atoms. The number of non-ortho nitro benzene ring substituents is 1. The number of benzene rings is 2. The standard InChI is InChI=1S/C16H13N3O4/c17-16(21)13-3-1-2-4-14(13)18-15(20)10-7-11-5-8-12(9-6-11)19(22)23/h1-10H,(H2,17,21)(H,18,20). The summed E-state index contributed by atoms with van der Waals surface area (Å²) in [5.74, 6) is -1.09. The molecule has 0 saturated carbocycles. The van der Waals surface area contributed by atoms with Gasteiger partial charge in [-0.25, -0.2) is 0 Å². The van der Waals surface area contributed by atoms with E-state index in [0.717, 1.165) is 0 Å². The first kappa shape index (κ1) is 15.9. The van der Waals surface area contributed by atoms with E-state index in [-0.39, 0.29) is 11.3 Å². The maximum Gasteiger partial charge on any atom is 0.269 e. The average molecular weight is 311 g/mol. The van der Waals surface area contributed by atoms with E-state index in [0.29, 0.717) is 11.3 Å². The van der Waals surface area contributed by atoms with Crippen LogP contribution in [0, 0.1) is 10.1 Å². The molecule has 0 spiro atoms. The molecule has 7 nitrogen and oxygen atoms in total. The van der Waals surface area contributed by atoms with Crippen LogP contribution < -0.4 is 11.1 Å². The molecule has 2 aromatic carbocycles. The number of carbonyl (C=O) groups is 2. The van der Waals surface area contributed by atoms with Gasteiger partial charge in [0.05, 0.1) is 16.2 Å². The van der Waals surface area contributed by atoms with Crippen LogP contribution in [0.15, 0.2) is 54.6 Å². The van der Waals surface area contributed by atoms with Crippen molar-refractivity contribution < 1.29 is 14.5 Å². The molecule has 7 heteroatoms. The number of nitrogens with one attached hydrogen (secondary N) is 1. The fourth-order valence-electron chi connectivity index (χ4n) is 1.86. The molecule has 0 atom stereocenters. The van der Waals surface area contributed by atoms with Crippen LogP contribution in [0.2, 0.25) is 0 Å². The van der Waals surface area contributed by atoms with Gasteiger partial charge in [-0.3, -0.25) is 19.7 Å². The van der Waals surface area contributed by atoms with E-state index in [1.165, 1.54) is 42.5 Å². The van der Waals surface area contributed by atoms with Gasteiger partial charge < -0.3 is 11.1 Å². The van der Waals surface area contributed by atoms with Crippen LogP contribution in [0.1, 0.15) is 15.9 Å². The molecule has 0 unspecified atom stereocenters. The van der Waals surface area contributed by atoms with E-state index >= 15 is 0 Å². The van der Waals surface area contributed by atoms with Crippen molar-refractivity contribution in [1.82, 2.24) is 0 Å². The quantitative estimate of drug-likeness (QED) is 0.501. The molecular formula is C16H13N3O4. The van der Waals surface area contributed by atoms with Crippen molar-refractivity contribution in [1.29, 1.82) is 0 Å². The van der Waals surface area contributed by atoms with Gasteiger partial charge in [0.15, 0.2) is 0 Å². The molecule has 0 radical (unpaired) electrons. The number of amides is 2. The number of hydrogen-bond acceptors (Lipinski definition) is 4. The second-order valence-corrected chi connectivity index (χ2v) is 4.58. The third-order valence-electron chi connectivity index (χ3n) is 2.98. The topological polar surface area (TPSA) is 115 Å². The zero-order valence-electron chi connectivity index (χ0n) is 11.9. The smallest absolute Gasteiger partial charge is 0.269 e. The molecule has 0 aliphatic heterocycles. The number of nitro benzene ring substituents is 1. The zero-order chi connectivity index (χ0) is 16.8. The largest absolute Gasteiger partial charge is 0.366 e. The summed E-state index contributed by atoms with van der Waals surface area (Å²) in [6.07, 6.45) is 2.77. The Kier molecular flexibility index (Phi) is 4.83. The number of nitro groups is 1. The highest BCUT2D eigenvalue weighted by Crippen LogP contribution is 2.15. The molecule has 0 fully saturated rings. The van der Waals surface area contributed by atoms with Gasteiger partial charge in [-0.15, -0.1) is 0 Å². The number of anilines is 1. The normalized spacial score (nSPS) is 10.4. The predicted molar refractivity (Wildman–Crippen MR) is 85.7 cm³/mol. The Hall–Kier alpha value is -3.48. The van der Waals surface area contributed by atoms with Crippen LogP contribution in [0.25, 0.3) is 6.08 Å². The van der Waals surface area contributed by atoms with Crippen LogP contribution in [0.4, 0.5) is 11.4 Å². The number of nitrogens with zero attached hydrogens (tertiary/aromatic N) is 1. The van der Waals surface area contributed by atoms with Gasteiger partial charge in [-0.2, -0.15) is 0 Å². The summed E-state index contributed by atoms with van der Waals surface area (Å²) in [7, 11) is 0. The van der Waals surface area contributed by atoms with E-state index in [4.69, 9.17) is 5.73 Å². The molecule has 3 N–H and O–H groups in total. The summed E-state index contributed by atoms with van der Waals surface area (Å²) >= 11 is 0. The SMILES string of the molecule is NC(=O)c1ccccc1NC(=O)C=Cc1ccc([N+](=O)[O-])cc1. The Morgan fingerprint density at radius 1 is 1.09 bits per heavy atom. The molecule has 2 rings (SSSR count). The zero-order valence-corrected chi connectivity index (χ0v) is 11.9. The van der Waals surface area contributed by atoms with Crippen LogP contribution in [0.3, 0.4) is 0 Å². The van der Waals surface area contributed by atoms with Crippen LogP contribution in [0.5, 0.6) is 0 Å². The van der Waals surface area contributed by atoms with Crippen molar-refractivity contribution in [2.45, 2.75) is 0 Å². The fraction of sp³-hybridized carbons (Fsp3) is 0. The molecule has 0 saturated heterocycles. The van der Waals surface area contributed by atoms with Gasteiger partial charge in [-0.1, -0.05) is 12.1 Å². The number of rotatable bonds is 5. The highest BCUT2D eigenvalue weighted by atomic mass is 16.6. The Labute approximate surface area is 131 Å². The second kappa shape index (κ2) is 6.99. The molecule has 0 aromatic heterocycles. The van der Waals surface area contributed by atoms with Crippen molar-refractivity contribution >= 4 is 29.3 Å². The lowest BCUT2D eigenvalue weighted by Crippen LogP contribution is -2.16. The van der Waals surface area contributed by atoms with Crippen molar-refractivity contribution in [3.63, 3.8) is 0 Å². The minimum atomic E-state index is -0.639. The van der Waals surface area contributed by atoms with E-state index < -0.39 is 16.7 Å². The van der Waals surface area contributed by atoms with E-state index in [9.17, 15) is 19.7 Å². The lowest BCUT2D eigenvalue weighted by atomic mass is 10.1. The van der Waals surface area contributed by atoms with E-state index in [2.05, 4.69) is 5.32 Å². The van der Waals surface area contributed by atoms with Crippen LogP contribution >= 0.6 is 0 Å². The average Bonchev–Trinajstić information content (AvgIpc) is 2.53. The number of para-hydroxylation sites is 1. The first-order valence-corrected chi connectivity index (χ1v) is 6.60. The summed E-state index contributed by atoms with van der Waals surface area (Å²) in [4.78, 5) is 33.2. The summed E-state index contributed by atoms with van der Waals surface area (Å²) in [5.41, 5.74) is 6.37. The summed E-state index contributed by atoms with van der Waals surface area (Å²) < 4.78 is 0. The maximum atomic E-state index is 11.9. The first-order valence-electron chi connectivity index (χ1n) is 6.60. The van der Waals surface area contributed by atoms with Crippen molar-refractivity contribution in [2.75, 3.05) is 5.32 Å². The lowest BCUT2D eigenvalue weighted by molar-refractivity contribution is -0.384. The fourth-order valence-corrected chi connectivity index (χ4v) is 1.86. The molecule has 0 bridgehead atoms. The number of primary amides is 1. The molecule has 0 heterocycles. The highest BCUT2D eigenvalue weighted by molar-refractivity contribution is 6.07. The third kappa shape index (κ3) is 4.24. The molecule has 0 aliphatic rings. The van der Waals surface area contributed by atoms with Crippen molar-refractivity contribution in [3.8, 4) is 0 Å². The van der Waals surface area contributed by atoms with Gasteiger partial charge in [0.2, 0.25) is 5.91 Å². The molecule has 116 valence electrons. The molecule has 2 aromatic rings. The molecule has 2 amide bonds. The predicted octanol–water partition coefficient (Wildman–Crippen LogP) is 2.35. The Balaban J connectivity index is 2.07. The summed E-state index contributed by atoms with van der Waals surface area (Å²) in [5, 5.41) is 13.1. The number of carbonyl (C=O) groups excluding carboxylic acids is 2. The molecular weight excluding hydrogens is 298 g/mol. The number of nitrogens with two attached hydrogens (primary N) is 1. The van der Waals surface area contributed by atoms with Gasteiger partial charge in [0.1, 0.15) is 0 Å². The Morgan fingerprint density at radius 3 is 2.35 bits per heavy atom. The van der Waals surface area contributed by atoms with E-state index in [1.54, 1.807) is 18.2 Å². The lowest BCUT2D eigenvalue weighted by Gasteiger charge is -2.06. The maximum absolute atomic E-state index is 11.9. The van der Waals surface area contributed by atoms with Gasteiger partial charge in [0, 0.05) is 18.2 Å². The highest BCUT2D eigenvalue weighted by Gasteiger charge is 2.08. The van der Waals surface area contributed by atoms with E-state index in [1.807, 2.05) is 0 Å². The van der Waals surface area contributed by atoms with Crippen molar-refractivity contribution in [3.05, 3.63) is 75.8 Å². The van der Waals surface area contributed by atoms with Crippen molar-refractivity contribution in [2.24, 2.45) is 5.73 Å². The Bertz CT molecular complexity index is 782. The number of hydrogen-bond donors (Lipinski definition) is 2. The van der Waals surface area contributed by atoms with Gasteiger partial charge in [0.25, 0.3) is 11.6 Å². The second-order valence-electron chi connectivity index (χ2n) is 4.58. The van der Waals surface area contributed by atoms with Crippen LogP contribution in [-0.2, 0) is 4.79 Å². The monoisotopic (exact) mass is 311 g/mol. The third-order valence-corrected chi connectivity index (χ3v) is 2.98. The minimum Gasteiger partial charge on any atom is -0.366 e. The van der Waals surface area contributed by atoms with Gasteiger partial charge in [-0.05, 0) is 35.9 Å². The molecule has 0 aliphatic carbocycles. The van der Waals surface area contributed by atoms with Gasteiger partial charge >= 0.3 is 0 Å². The van der Waals surface area contributed by atoms with Crippen LogP contribution in [-0.4, -0.2) is 16.7 Å². The minimum absolute atomic E-state index is 0.0259. The summed E-state index contributed by atoms with van der Waals surface area (Å²) in [6, 6.07) is 12.1. The summed E-state index contributed by atoms with van der Waals surface area (Å²) in [6.45, 7) is 0. The first-order chi connectivity index (χ1) is 11.0. The Morgan fingerprint density at radius 2 is 1.74 bits per heavy atom.